The lowest BCUT2D eigenvalue weighted by Crippen LogP contribution is -2.26. The van der Waals surface area contributed by atoms with Crippen molar-refractivity contribution in [3.05, 3.63) is 84.7 Å². The maximum atomic E-state index is 15.2. The number of cyclic esters (lactones) is 2. The minimum Gasteiger partial charge on any atom is -0.441 e. The Balaban J connectivity index is 0.00000330. The van der Waals surface area contributed by atoms with Gasteiger partial charge in [0, 0.05) is 34.6 Å². The Bertz CT molecular complexity index is 2550. The van der Waals surface area contributed by atoms with Gasteiger partial charge in [0.05, 0.1) is 51.8 Å². The first-order chi connectivity index (χ1) is 29.1. The van der Waals surface area contributed by atoms with Crippen molar-refractivity contribution in [2.75, 3.05) is 36.1 Å². The first-order valence-electron chi connectivity index (χ1n) is 17.7. The topological polar surface area (TPSA) is 344 Å². The fourth-order valence-corrected chi connectivity index (χ4v) is 8.26. The van der Waals surface area contributed by atoms with E-state index in [4.69, 9.17) is 18.5 Å². The first kappa shape index (κ1) is 46.0. The van der Waals surface area contributed by atoms with Gasteiger partial charge in [0.25, 0.3) is 0 Å². The molecule has 6 heterocycles. The average molecular weight is 917 g/mol. The third kappa shape index (κ3) is 10.4. The van der Waals surface area contributed by atoms with E-state index in [0.717, 1.165) is 21.9 Å². The van der Waals surface area contributed by atoms with E-state index in [-0.39, 0.29) is 59.5 Å². The maximum absolute atomic E-state index is 15.2. The summed E-state index contributed by atoms with van der Waals surface area (Å²) in [5.41, 5.74) is 2.26. The average Bonchev–Trinajstić information content (AvgIpc) is 4.03. The molecule has 2 unspecified atom stereocenters. The van der Waals surface area contributed by atoms with Gasteiger partial charge in [-0.2, -0.15) is 13.9 Å². The largest absolute Gasteiger partial charge is 0.481 e. The van der Waals surface area contributed by atoms with Crippen LogP contribution in [0.3, 0.4) is 0 Å². The highest BCUT2D eigenvalue weighted by atomic mass is 31.3. The van der Waals surface area contributed by atoms with E-state index in [2.05, 4.69) is 45.1 Å². The number of ether oxygens (including phenoxy) is 2. The number of pyridine rings is 2. The van der Waals surface area contributed by atoms with E-state index in [1.165, 1.54) is 46.3 Å². The molecule has 8 N–H and O–H groups in total. The summed E-state index contributed by atoms with van der Waals surface area (Å²) in [5, 5.41) is 23.4. The van der Waals surface area contributed by atoms with Crippen molar-refractivity contribution < 1.29 is 60.1 Å². The SMILES string of the molecule is Cn1nnc(-c2ccc(-c3ccc(N4C[C@H](COP(=O)(O)OP(=O)(O)OC[C@H]5CN(c6ccc(-c7ccc(-c8nnn(C)n8)nc7)c(F)c6)C(=O)O5)OC4=O)cc3F)cn2)n1.N.N. The number of rotatable bonds is 14. The summed E-state index contributed by atoms with van der Waals surface area (Å²) in [6.07, 6.45) is -1.36. The van der Waals surface area contributed by atoms with Crippen LogP contribution in [0.25, 0.3) is 45.3 Å². The Kier molecular flexibility index (Phi) is 13.5. The van der Waals surface area contributed by atoms with Gasteiger partial charge in [0.1, 0.15) is 35.2 Å². The number of aryl methyl sites for hydroxylation is 2. The van der Waals surface area contributed by atoms with Crippen molar-refractivity contribution in [2.45, 2.75) is 12.2 Å². The number of tetrazole rings is 2. The Morgan fingerprint density at radius 3 is 1.43 bits per heavy atom. The molecule has 0 bridgehead atoms. The van der Waals surface area contributed by atoms with E-state index in [0.29, 0.717) is 22.5 Å². The molecule has 4 aromatic heterocycles. The Morgan fingerprint density at radius 1 is 0.683 bits per heavy atom. The number of aromatic nitrogens is 10. The summed E-state index contributed by atoms with van der Waals surface area (Å²) in [7, 11) is -7.47. The van der Waals surface area contributed by atoms with Crippen molar-refractivity contribution in [3.63, 3.8) is 0 Å². The van der Waals surface area contributed by atoms with E-state index in [1.54, 1.807) is 38.4 Å². The van der Waals surface area contributed by atoms with E-state index in [1.807, 2.05) is 0 Å². The summed E-state index contributed by atoms with van der Waals surface area (Å²) < 4.78 is 80.0. The van der Waals surface area contributed by atoms with Gasteiger partial charge in [-0.25, -0.2) is 27.5 Å². The predicted octanol–water partition coefficient (Wildman–Crippen LogP) is 4.40. The highest BCUT2D eigenvalue weighted by molar-refractivity contribution is 7.61. The number of phosphoric ester groups is 2. The normalized spacial score (nSPS) is 17.9. The van der Waals surface area contributed by atoms with Crippen LogP contribution in [0.1, 0.15) is 0 Å². The fourth-order valence-electron chi connectivity index (χ4n) is 6.13. The number of carbonyl (C=O) groups excluding carboxylic acids is 2. The predicted molar refractivity (Wildman–Crippen MR) is 213 cm³/mol. The Morgan fingerprint density at radius 2 is 1.10 bits per heavy atom. The number of halogens is 2. The second-order valence-corrected chi connectivity index (χ2v) is 16.3. The molecule has 8 rings (SSSR count). The number of phosphoric acid groups is 2. The van der Waals surface area contributed by atoms with Crippen LogP contribution in [-0.2, 0) is 46.1 Å². The molecule has 2 amide bonds. The van der Waals surface area contributed by atoms with Gasteiger partial charge in [-0.1, -0.05) is 12.1 Å². The quantitative estimate of drug-likeness (QED) is 0.110. The summed E-state index contributed by atoms with van der Waals surface area (Å²) in [6.45, 7) is -2.06. The van der Waals surface area contributed by atoms with Crippen LogP contribution >= 0.6 is 15.6 Å². The molecule has 2 aliphatic heterocycles. The summed E-state index contributed by atoms with van der Waals surface area (Å²) in [4.78, 5) is 58.8. The van der Waals surface area contributed by atoms with Crippen molar-refractivity contribution >= 4 is 39.2 Å². The minimum atomic E-state index is -5.34. The molecular weight excluding hydrogens is 880 g/mol. The number of carbonyl (C=O) groups is 2. The Hall–Kier alpha value is -6.54. The zero-order valence-corrected chi connectivity index (χ0v) is 34.7. The molecule has 2 fully saturated rings. The molecule has 0 spiro atoms. The lowest BCUT2D eigenvalue weighted by Gasteiger charge is -2.18. The molecule has 63 heavy (non-hydrogen) atoms. The van der Waals surface area contributed by atoms with Crippen molar-refractivity contribution in [2.24, 2.45) is 14.1 Å². The van der Waals surface area contributed by atoms with Crippen LogP contribution in [0.15, 0.2) is 73.1 Å². The monoisotopic (exact) mass is 916 g/mol. The molecule has 6 aromatic rings. The van der Waals surface area contributed by atoms with E-state index < -0.39 is 64.9 Å². The molecule has 332 valence electrons. The number of benzene rings is 2. The van der Waals surface area contributed by atoms with Crippen LogP contribution in [0, 0.1) is 11.6 Å². The minimum absolute atomic E-state index is 0. The molecule has 2 aliphatic rings. The highest BCUT2D eigenvalue weighted by Gasteiger charge is 2.41. The van der Waals surface area contributed by atoms with Gasteiger partial charge in [-0.3, -0.25) is 28.8 Å². The number of nitrogens with zero attached hydrogens (tertiary/aromatic N) is 12. The summed E-state index contributed by atoms with van der Waals surface area (Å²) in [6, 6.07) is 14.4. The Labute approximate surface area is 353 Å². The molecule has 25 nitrogen and oxygen atoms in total. The van der Waals surface area contributed by atoms with Gasteiger partial charge in [-0.15, -0.1) is 20.4 Å². The second kappa shape index (κ2) is 18.4. The number of amides is 2. The van der Waals surface area contributed by atoms with Gasteiger partial charge < -0.3 is 31.6 Å². The van der Waals surface area contributed by atoms with Crippen molar-refractivity contribution in [1.29, 1.82) is 0 Å². The van der Waals surface area contributed by atoms with Crippen LogP contribution in [0.5, 0.6) is 0 Å². The third-order valence-electron chi connectivity index (χ3n) is 8.95. The molecule has 0 saturated carbocycles. The van der Waals surface area contributed by atoms with Crippen LogP contribution in [0.2, 0.25) is 0 Å². The first-order valence-corrected chi connectivity index (χ1v) is 20.7. The van der Waals surface area contributed by atoms with Gasteiger partial charge in [0.15, 0.2) is 0 Å². The molecule has 2 saturated heterocycles. The van der Waals surface area contributed by atoms with Gasteiger partial charge in [-0.05, 0) is 59.0 Å². The highest BCUT2D eigenvalue weighted by Crippen LogP contribution is 2.60. The molecule has 0 aliphatic carbocycles. The van der Waals surface area contributed by atoms with Crippen molar-refractivity contribution in [3.8, 4) is 45.3 Å². The van der Waals surface area contributed by atoms with Gasteiger partial charge >= 0.3 is 27.8 Å². The standard InChI is InChI=1S/C34H30F2N12O11P2.2H3N/c1-45-41-31(39-43-45)29-9-3-19(13-37-29)25-7-5-21(11-27(25)35)47-15-23(57-33(47)49)17-55-60(51,52)59-61(53,54)56-18-24-16-48(34(50)58-24)22-6-8-26(28(36)12-22)20-4-10-30(38-14-20)32-40-44-46(2)42-32;;/h3-14,23-24H,15-18H2,1-2H3,(H,51,52)(H,53,54);2*1H3/t23-,24-;;/m1../s1. The zero-order chi connectivity index (χ0) is 43.1. The van der Waals surface area contributed by atoms with Crippen molar-refractivity contribution in [1.82, 2.24) is 62.7 Å². The van der Waals surface area contributed by atoms with Crippen LogP contribution in [-0.4, -0.2) is 111 Å². The lowest BCUT2D eigenvalue weighted by atomic mass is 10.1. The third-order valence-corrected chi connectivity index (χ3v) is 11.6. The number of hydrogen-bond donors (Lipinski definition) is 4. The molecule has 29 heteroatoms. The molecule has 2 aromatic carbocycles. The molecule has 0 radical (unpaired) electrons. The van der Waals surface area contributed by atoms with Crippen LogP contribution < -0.4 is 22.1 Å². The summed E-state index contributed by atoms with van der Waals surface area (Å²) in [5.74, 6) is -0.809. The smallest absolute Gasteiger partial charge is 0.441 e. The maximum Gasteiger partial charge on any atom is 0.481 e. The number of anilines is 2. The van der Waals surface area contributed by atoms with E-state index >= 15 is 8.78 Å². The second-order valence-electron chi connectivity index (χ2n) is 13.2. The molecule has 4 atom stereocenters. The van der Waals surface area contributed by atoms with Gasteiger partial charge in [0.2, 0.25) is 11.6 Å². The molecular formula is C34H36F2N14O11P2. The zero-order valence-electron chi connectivity index (χ0n) is 32.9. The lowest BCUT2D eigenvalue weighted by molar-refractivity contribution is 0.0733. The fraction of sp³-hybridized carbons (Fsp3) is 0.235. The summed E-state index contributed by atoms with van der Waals surface area (Å²) >= 11 is 0. The van der Waals surface area contributed by atoms with Crippen LogP contribution in [0.4, 0.5) is 29.7 Å². The number of hydrogen-bond acceptors (Lipinski definition) is 19. The van der Waals surface area contributed by atoms with E-state index in [9.17, 15) is 28.5 Å².